The summed E-state index contributed by atoms with van der Waals surface area (Å²) in [6.45, 7) is 2.57. The van der Waals surface area contributed by atoms with Crippen LogP contribution in [0.5, 0.6) is 0 Å². The molecule has 1 fully saturated rings. The van der Waals surface area contributed by atoms with E-state index < -0.39 is 5.97 Å². The number of esters is 1. The van der Waals surface area contributed by atoms with Crippen molar-refractivity contribution >= 4 is 23.2 Å². The van der Waals surface area contributed by atoms with Crippen LogP contribution in [0.1, 0.15) is 40.1 Å². The Hall–Kier alpha value is -1.47. The molecule has 2 rings (SSSR count). The van der Waals surface area contributed by atoms with Gasteiger partial charge in [0.25, 0.3) is 5.91 Å². The van der Waals surface area contributed by atoms with Gasteiger partial charge in [-0.15, -0.1) is 11.3 Å². The number of hydrogen-bond acceptors (Lipinski definition) is 6. The Balaban J connectivity index is 2.09. The second kappa shape index (κ2) is 6.12. The summed E-state index contributed by atoms with van der Waals surface area (Å²) < 4.78 is 4.83. The zero-order valence-corrected chi connectivity index (χ0v) is 11.5. The summed E-state index contributed by atoms with van der Waals surface area (Å²) in [5, 5.41) is 11.0. The van der Waals surface area contributed by atoms with Crippen molar-refractivity contribution in [2.24, 2.45) is 0 Å². The maximum Gasteiger partial charge on any atom is 0.367 e. The third-order valence-electron chi connectivity index (χ3n) is 3.02. The van der Waals surface area contributed by atoms with Crippen LogP contribution in [0.4, 0.5) is 0 Å². The molecule has 6 nitrogen and oxygen atoms in total. The lowest BCUT2D eigenvalue weighted by Crippen LogP contribution is -2.37. The minimum Gasteiger partial charge on any atom is -0.461 e. The quantitative estimate of drug-likeness (QED) is 0.832. The molecule has 19 heavy (non-hydrogen) atoms. The Morgan fingerprint density at radius 2 is 2.42 bits per heavy atom. The van der Waals surface area contributed by atoms with Gasteiger partial charge in [-0.3, -0.25) is 4.79 Å². The number of likely N-dealkylation sites (tertiary alicyclic amines) is 1. The monoisotopic (exact) mass is 284 g/mol. The normalized spacial score (nSPS) is 18.6. The zero-order chi connectivity index (χ0) is 13.8. The number of ether oxygens (including phenoxy) is 1. The van der Waals surface area contributed by atoms with E-state index in [0.717, 1.165) is 24.2 Å². The highest BCUT2D eigenvalue weighted by Gasteiger charge is 2.30. The summed E-state index contributed by atoms with van der Waals surface area (Å²) >= 11 is 1.10. The fourth-order valence-electron chi connectivity index (χ4n) is 2.10. The van der Waals surface area contributed by atoms with Crippen LogP contribution >= 0.6 is 11.3 Å². The molecule has 1 aromatic heterocycles. The predicted octanol–water partition coefficient (Wildman–Crippen LogP) is 0.917. The number of rotatable bonds is 4. The standard InChI is InChI=1S/C12H16N2O4S/c1-2-18-12(17)10-13-9(7-19-10)11(16)14-5-3-4-8(14)6-15/h7-8,15H,2-6H2,1H3. The third kappa shape index (κ3) is 2.93. The Morgan fingerprint density at radius 1 is 1.63 bits per heavy atom. The van der Waals surface area contributed by atoms with Crippen LogP contribution in [0.2, 0.25) is 0 Å². The number of aliphatic hydroxyl groups excluding tert-OH is 1. The molecule has 0 aliphatic carbocycles. The first kappa shape index (κ1) is 14.0. The van der Waals surface area contributed by atoms with Gasteiger partial charge in [-0.1, -0.05) is 0 Å². The van der Waals surface area contributed by atoms with Crippen molar-refractivity contribution in [3.63, 3.8) is 0 Å². The predicted molar refractivity (Wildman–Crippen MR) is 69.2 cm³/mol. The summed E-state index contributed by atoms with van der Waals surface area (Å²) in [5.74, 6) is -0.741. The van der Waals surface area contributed by atoms with Crippen molar-refractivity contribution in [2.45, 2.75) is 25.8 Å². The molecule has 1 aliphatic rings. The van der Waals surface area contributed by atoms with Crippen molar-refractivity contribution in [1.29, 1.82) is 0 Å². The lowest BCUT2D eigenvalue weighted by Gasteiger charge is -2.21. The topological polar surface area (TPSA) is 79.7 Å². The molecule has 1 saturated heterocycles. The van der Waals surface area contributed by atoms with Crippen molar-refractivity contribution < 1.29 is 19.4 Å². The SMILES string of the molecule is CCOC(=O)c1nc(C(=O)N2CCCC2CO)cs1. The van der Waals surface area contributed by atoms with Gasteiger partial charge in [0.05, 0.1) is 19.3 Å². The second-order valence-electron chi connectivity index (χ2n) is 4.24. The van der Waals surface area contributed by atoms with Gasteiger partial charge in [0.1, 0.15) is 5.69 Å². The first-order valence-electron chi connectivity index (χ1n) is 6.21. The van der Waals surface area contributed by atoms with Crippen LogP contribution in [-0.4, -0.2) is 52.7 Å². The largest absolute Gasteiger partial charge is 0.461 e. The van der Waals surface area contributed by atoms with E-state index >= 15 is 0 Å². The van der Waals surface area contributed by atoms with Crippen LogP contribution in [-0.2, 0) is 4.74 Å². The summed E-state index contributed by atoms with van der Waals surface area (Å²) in [4.78, 5) is 29.3. The smallest absolute Gasteiger partial charge is 0.367 e. The second-order valence-corrected chi connectivity index (χ2v) is 5.09. The molecular formula is C12H16N2O4S. The number of aliphatic hydroxyl groups is 1. The minimum absolute atomic E-state index is 0.0411. The fourth-order valence-corrected chi connectivity index (χ4v) is 2.78. The summed E-state index contributed by atoms with van der Waals surface area (Å²) in [6.07, 6.45) is 1.68. The van der Waals surface area contributed by atoms with Gasteiger partial charge in [0.15, 0.2) is 0 Å². The highest BCUT2D eigenvalue weighted by Crippen LogP contribution is 2.21. The molecule has 1 unspecified atom stereocenters. The molecule has 0 saturated carbocycles. The first-order valence-corrected chi connectivity index (χ1v) is 7.09. The molecule has 104 valence electrons. The molecule has 2 heterocycles. The minimum atomic E-state index is -0.508. The average molecular weight is 284 g/mol. The molecule has 0 aromatic carbocycles. The highest BCUT2D eigenvalue weighted by molar-refractivity contribution is 7.11. The number of carbonyl (C=O) groups excluding carboxylic acids is 2. The molecule has 1 atom stereocenters. The molecule has 1 N–H and O–H groups in total. The van der Waals surface area contributed by atoms with E-state index in [4.69, 9.17) is 4.74 Å². The van der Waals surface area contributed by atoms with Gasteiger partial charge < -0.3 is 14.7 Å². The maximum atomic E-state index is 12.2. The molecule has 0 spiro atoms. The van der Waals surface area contributed by atoms with Gasteiger partial charge in [-0.05, 0) is 19.8 Å². The van der Waals surface area contributed by atoms with Crippen molar-refractivity contribution in [3.05, 3.63) is 16.1 Å². The molecule has 7 heteroatoms. The molecule has 1 aliphatic heterocycles. The first-order chi connectivity index (χ1) is 9.17. The van der Waals surface area contributed by atoms with E-state index in [9.17, 15) is 14.7 Å². The number of hydrogen-bond donors (Lipinski definition) is 1. The number of amides is 1. The van der Waals surface area contributed by atoms with E-state index in [1.165, 1.54) is 0 Å². The zero-order valence-electron chi connectivity index (χ0n) is 10.7. The number of aromatic nitrogens is 1. The van der Waals surface area contributed by atoms with E-state index in [0.29, 0.717) is 6.54 Å². The van der Waals surface area contributed by atoms with E-state index in [2.05, 4.69) is 4.98 Å². The lowest BCUT2D eigenvalue weighted by molar-refractivity contribution is 0.0525. The van der Waals surface area contributed by atoms with Gasteiger partial charge >= 0.3 is 5.97 Å². The lowest BCUT2D eigenvalue weighted by atomic mass is 10.2. The van der Waals surface area contributed by atoms with Crippen molar-refractivity contribution in [2.75, 3.05) is 19.8 Å². The van der Waals surface area contributed by atoms with E-state index in [1.54, 1.807) is 17.2 Å². The number of thiazole rings is 1. The molecule has 1 amide bonds. The number of nitrogens with zero attached hydrogens (tertiary/aromatic N) is 2. The van der Waals surface area contributed by atoms with Crippen LogP contribution in [0.15, 0.2) is 5.38 Å². The Kier molecular flexibility index (Phi) is 4.49. The number of carbonyl (C=O) groups is 2. The van der Waals surface area contributed by atoms with E-state index in [-0.39, 0.29) is 35.9 Å². The van der Waals surface area contributed by atoms with Crippen molar-refractivity contribution in [3.8, 4) is 0 Å². The van der Waals surface area contributed by atoms with Gasteiger partial charge in [-0.25, -0.2) is 9.78 Å². The molecule has 0 radical (unpaired) electrons. The Bertz CT molecular complexity index is 474. The van der Waals surface area contributed by atoms with Gasteiger partial charge in [-0.2, -0.15) is 0 Å². The Morgan fingerprint density at radius 3 is 3.11 bits per heavy atom. The summed E-state index contributed by atoms with van der Waals surface area (Å²) in [5.41, 5.74) is 0.244. The van der Waals surface area contributed by atoms with Crippen LogP contribution in [0.3, 0.4) is 0 Å². The molecule has 1 aromatic rings. The maximum absolute atomic E-state index is 12.2. The van der Waals surface area contributed by atoms with Gasteiger partial charge in [0.2, 0.25) is 5.01 Å². The van der Waals surface area contributed by atoms with Crippen LogP contribution in [0.25, 0.3) is 0 Å². The van der Waals surface area contributed by atoms with Crippen LogP contribution in [0, 0.1) is 0 Å². The highest BCUT2D eigenvalue weighted by atomic mass is 32.1. The van der Waals surface area contributed by atoms with Crippen LogP contribution < -0.4 is 0 Å². The Labute approximate surface area is 115 Å². The van der Waals surface area contributed by atoms with Crippen molar-refractivity contribution in [1.82, 2.24) is 9.88 Å². The van der Waals surface area contributed by atoms with E-state index in [1.807, 2.05) is 0 Å². The third-order valence-corrected chi connectivity index (χ3v) is 3.84. The summed E-state index contributed by atoms with van der Waals surface area (Å²) in [7, 11) is 0. The fraction of sp³-hybridized carbons (Fsp3) is 0.583. The van der Waals surface area contributed by atoms with Gasteiger partial charge in [0, 0.05) is 11.9 Å². The molecular weight excluding hydrogens is 268 g/mol. The summed E-state index contributed by atoms with van der Waals surface area (Å²) in [6, 6.07) is -0.139. The molecule has 0 bridgehead atoms. The average Bonchev–Trinajstić information content (AvgIpc) is 3.07.